The number of ether oxygens (including phenoxy) is 2. The van der Waals surface area contributed by atoms with Gasteiger partial charge in [0.25, 0.3) is 5.91 Å². The van der Waals surface area contributed by atoms with Crippen molar-refractivity contribution in [2.75, 3.05) is 33.0 Å². The molecule has 0 saturated heterocycles. The lowest BCUT2D eigenvalue weighted by Gasteiger charge is -2.21. The topological polar surface area (TPSA) is 77.5 Å². The Hall–Kier alpha value is -1.79. The molecule has 28 heavy (non-hydrogen) atoms. The third-order valence-corrected chi connectivity index (χ3v) is 4.61. The summed E-state index contributed by atoms with van der Waals surface area (Å²) in [5, 5.41) is 2.75. The summed E-state index contributed by atoms with van der Waals surface area (Å²) in [4.78, 5) is 26.9. The Balaban J connectivity index is 0.000000568. The van der Waals surface area contributed by atoms with Gasteiger partial charge in [-0.2, -0.15) is 0 Å². The predicted octanol–water partition coefficient (Wildman–Crippen LogP) is 3.90. The zero-order valence-electron chi connectivity index (χ0n) is 17.6. The van der Waals surface area contributed by atoms with E-state index in [2.05, 4.69) is 10.3 Å². The van der Waals surface area contributed by atoms with Crippen molar-refractivity contribution in [2.24, 2.45) is 11.8 Å². The average molecular weight is 395 g/mol. The zero-order chi connectivity index (χ0) is 20.6. The molecule has 6 heteroatoms. The first kappa shape index (κ1) is 24.2. The zero-order valence-corrected chi connectivity index (χ0v) is 17.6. The standard InChI is InChI=1S/C12H18N2O3.C10H18O.H2/c1-2-16-8-9-17-7-6-14-12(15)11-4-3-5-13-10-11;1-8(2)10(11)9-6-4-3-5-7-9;/h3-5,10H,2,6-9H2,1H3,(H,14,15);8-9H,3-7H2,1-2H3;1H. The van der Waals surface area contributed by atoms with Crippen LogP contribution in [0.25, 0.3) is 0 Å². The Morgan fingerprint density at radius 1 is 1.18 bits per heavy atom. The predicted molar refractivity (Wildman–Crippen MR) is 112 cm³/mol. The SMILES string of the molecule is CC(C)C(=O)C1CCCCC1.CCOCCOCCNC(=O)c1cccnc1.[HH]. The van der Waals surface area contributed by atoms with Gasteiger partial charge in [0.05, 0.1) is 25.4 Å². The molecule has 0 aliphatic heterocycles. The summed E-state index contributed by atoms with van der Waals surface area (Å²) in [5.74, 6) is 1.01. The van der Waals surface area contributed by atoms with E-state index in [0.717, 1.165) is 12.8 Å². The molecule has 0 aromatic carbocycles. The first-order chi connectivity index (χ1) is 13.6. The second-order valence-corrected chi connectivity index (χ2v) is 7.20. The Bertz CT molecular complexity index is 549. The molecular formula is C22H38N2O4. The molecule has 0 radical (unpaired) electrons. The molecule has 1 aromatic rings. The van der Waals surface area contributed by atoms with Crippen LogP contribution in [0.4, 0.5) is 0 Å². The number of nitrogens with zero attached hydrogens (tertiary/aromatic N) is 1. The lowest BCUT2D eigenvalue weighted by molar-refractivity contribution is -0.126. The minimum Gasteiger partial charge on any atom is -0.379 e. The van der Waals surface area contributed by atoms with Gasteiger partial charge >= 0.3 is 0 Å². The fourth-order valence-corrected chi connectivity index (χ4v) is 3.06. The summed E-state index contributed by atoms with van der Waals surface area (Å²) in [6, 6.07) is 3.45. The molecule has 160 valence electrons. The van der Waals surface area contributed by atoms with Gasteiger partial charge in [-0.05, 0) is 31.9 Å². The van der Waals surface area contributed by atoms with Crippen molar-refractivity contribution in [3.63, 3.8) is 0 Å². The van der Waals surface area contributed by atoms with Gasteiger partial charge in [0, 0.05) is 38.8 Å². The quantitative estimate of drug-likeness (QED) is 0.609. The molecule has 1 amide bonds. The van der Waals surface area contributed by atoms with E-state index >= 15 is 0 Å². The van der Waals surface area contributed by atoms with Crippen molar-refractivity contribution in [3.05, 3.63) is 30.1 Å². The lowest BCUT2D eigenvalue weighted by atomic mass is 9.83. The number of carbonyl (C=O) groups is 2. The molecule has 1 aliphatic rings. The van der Waals surface area contributed by atoms with Crippen LogP contribution in [0.15, 0.2) is 24.5 Å². The molecule has 2 rings (SSSR count). The Morgan fingerprint density at radius 2 is 1.89 bits per heavy atom. The van der Waals surface area contributed by atoms with E-state index < -0.39 is 0 Å². The maximum Gasteiger partial charge on any atom is 0.252 e. The van der Waals surface area contributed by atoms with Crippen molar-refractivity contribution < 1.29 is 20.5 Å². The van der Waals surface area contributed by atoms with Crippen LogP contribution in [-0.4, -0.2) is 49.6 Å². The summed E-state index contributed by atoms with van der Waals surface area (Å²) >= 11 is 0. The van der Waals surface area contributed by atoms with Crippen LogP contribution >= 0.6 is 0 Å². The highest BCUT2D eigenvalue weighted by Gasteiger charge is 2.22. The Morgan fingerprint density at radius 3 is 2.50 bits per heavy atom. The lowest BCUT2D eigenvalue weighted by Crippen LogP contribution is -2.27. The molecular weight excluding hydrogens is 356 g/mol. The van der Waals surface area contributed by atoms with Crippen molar-refractivity contribution in [1.29, 1.82) is 0 Å². The van der Waals surface area contributed by atoms with E-state index in [-0.39, 0.29) is 13.3 Å². The monoisotopic (exact) mass is 394 g/mol. The van der Waals surface area contributed by atoms with E-state index in [4.69, 9.17) is 9.47 Å². The van der Waals surface area contributed by atoms with E-state index in [1.165, 1.54) is 25.5 Å². The van der Waals surface area contributed by atoms with Gasteiger partial charge in [-0.25, -0.2) is 0 Å². The number of carbonyl (C=O) groups excluding carboxylic acids is 2. The van der Waals surface area contributed by atoms with Gasteiger partial charge in [0.2, 0.25) is 0 Å². The number of amides is 1. The molecule has 0 bridgehead atoms. The minimum atomic E-state index is -0.133. The fraction of sp³-hybridized carbons (Fsp3) is 0.682. The van der Waals surface area contributed by atoms with Crippen LogP contribution < -0.4 is 5.32 Å². The van der Waals surface area contributed by atoms with Crippen molar-refractivity contribution >= 4 is 11.7 Å². The Labute approximate surface area is 170 Å². The molecule has 1 heterocycles. The van der Waals surface area contributed by atoms with Crippen LogP contribution in [0.2, 0.25) is 0 Å². The summed E-state index contributed by atoms with van der Waals surface area (Å²) in [6.07, 6.45) is 9.33. The van der Waals surface area contributed by atoms with Crippen LogP contribution in [0.1, 0.15) is 64.7 Å². The Kier molecular flexibility index (Phi) is 13.1. The first-order valence-electron chi connectivity index (χ1n) is 10.4. The van der Waals surface area contributed by atoms with Gasteiger partial charge in [0.15, 0.2) is 0 Å². The molecule has 1 aliphatic carbocycles. The summed E-state index contributed by atoms with van der Waals surface area (Å²) in [7, 11) is 0. The van der Waals surface area contributed by atoms with Crippen LogP contribution in [0.3, 0.4) is 0 Å². The second-order valence-electron chi connectivity index (χ2n) is 7.20. The summed E-state index contributed by atoms with van der Waals surface area (Å²) in [5.41, 5.74) is 0.557. The van der Waals surface area contributed by atoms with Gasteiger partial charge in [-0.3, -0.25) is 14.6 Å². The molecule has 0 unspecified atom stereocenters. The van der Waals surface area contributed by atoms with Crippen LogP contribution in [0, 0.1) is 11.8 Å². The average Bonchev–Trinajstić information content (AvgIpc) is 2.74. The molecule has 1 aromatic heterocycles. The second kappa shape index (κ2) is 15.2. The first-order valence-corrected chi connectivity index (χ1v) is 10.4. The maximum absolute atomic E-state index is 11.5. The van der Waals surface area contributed by atoms with Crippen molar-refractivity contribution in [3.8, 4) is 0 Å². The van der Waals surface area contributed by atoms with E-state index in [0.29, 0.717) is 50.2 Å². The largest absolute Gasteiger partial charge is 0.379 e. The normalized spacial score (nSPS) is 14.3. The third-order valence-electron chi connectivity index (χ3n) is 4.61. The number of Topliss-reactive ketones (excluding diaryl/α,β-unsaturated/α-hetero) is 1. The van der Waals surface area contributed by atoms with E-state index in [1.54, 1.807) is 18.3 Å². The molecule has 0 spiro atoms. The highest BCUT2D eigenvalue weighted by atomic mass is 16.5. The van der Waals surface area contributed by atoms with Crippen molar-refractivity contribution in [1.82, 2.24) is 10.3 Å². The molecule has 0 atom stereocenters. The van der Waals surface area contributed by atoms with Gasteiger partial charge in [-0.15, -0.1) is 0 Å². The molecule has 1 saturated carbocycles. The van der Waals surface area contributed by atoms with Gasteiger partial charge in [0.1, 0.15) is 5.78 Å². The van der Waals surface area contributed by atoms with Gasteiger partial charge in [-0.1, -0.05) is 33.1 Å². The summed E-state index contributed by atoms with van der Waals surface area (Å²) < 4.78 is 10.4. The number of hydrogen-bond donors (Lipinski definition) is 1. The number of hydrogen-bond acceptors (Lipinski definition) is 5. The summed E-state index contributed by atoms with van der Waals surface area (Å²) in [6.45, 7) is 8.77. The number of rotatable bonds is 10. The number of pyridine rings is 1. The van der Waals surface area contributed by atoms with Gasteiger partial charge < -0.3 is 14.8 Å². The highest BCUT2D eigenvalue weighted by Crippen LogP contribution is 2.26. The van der Waals surface area contributed by atoms with E-state index in [1.807, 2.05) is 20.8 Å². The fourth-order valence-electron chi connectivity index (χ4n) is 3.06. The number of nitrogens with one attached hydrogen (secondary N) is 1. The smallest absolute Gasteiger partial charge is 0.252 e. The molecule has 1 fully saturated rings. The molecule has 1 N–H and O–H groups in total. The third kappa shape index (κ3) is 10.5. The highest BCUT2D eigenvalue weighted by molar-refractivity contribution is 5.93. The molecule has 6 nitrogen and oxygen atoms in total. The van der Waals surface area contributed by atoms with Crippen LogP contribution in [-0.2, 0) is 14.3 Å². The number of ketones is 1. The van der Waals surface area contributed by atoms with Crippen LogP contribution in [0.5, 0.6) is 0 Å². The van der Waals surface area contributed by atoms with Crippen molar-refractivity contribution in [2.45, 2.75) is 52.9 Å². The maximum atomic E-state index is 11.5. The number of aromatic nitrogens is 1. The van der Waals surface area contributed by atoms with E-state index in [9.17, 15) is 9.59 Å². The minimum absolute atomic E-state index is 0.